The molecular formula is C15H19NO3S. The minimum atomic E-state index is -0.845. The van der Waals surface area contributed by atoms with E-state index in [2.05, 4.69) is 5.32 Å². The van der Waals surface area contributed by atoms with Gasteiger partial charge in [0.2, 0.25) is 5.91 Å². The summed E-state index contributed by atoms with van der Waals surface area (Å²) in [5.41, 5.74) is 0.290. The van der Waals surface area contributed by atoms with Crippen molar-refractivity contribution in [3.05, 3.63) is 28.0 Å². The quantitative estimate of drug-likeness (QED) is 0.839. The summed E-state index contributed by atoms with van der Waals surface area (Å²) in [6, 6.07) is 1.71. The monoisotopic (exact) mass is 293 g/mol. The fourth-order valence-electron chi connectivity index (χ4n) is 2.58. The normalized spacial score (nSPS) is 26.0. The Hall–Kier alpha value is -1.62. The van der Waals surface area contributed by atoms with Crippen LogP contribution in [0.5, 0.6) is 0 Å². The van der Waals surface area contributed by atoms with Crippen molar-refractivity contribution >= 4 is 29.3 Å². The number of rotatable bonds is 4. The summed E-state index contributed by atoms with van der Waals surface area (Å²) in [4.78, 5) is 24.3. The highest BCUT2D eigenvalue weighted by Gasteiger charge is 2.45. The van der Waals surface area contributed by atoms with Crippen LogP contribution in [-0.2, 0) is 9.59 Å². The Labute approximate surface area is 122 Å². The lowest BCUT2D eigenvalue weighted by Gasteiger charge is -2.27. The lowest BCUT2D eigenvalue weighted by molar-refractivity contribution is -0.148. The van der Waals surface area contributed by atoms with Gasteiger partial charge in [-0.3, -0.25) is 9.59 Å². The maximum Gasteiger partial charge on any atom is 0.311 e. The van der Waals surface area contributed by atoms with Gasteiger partial charge in [0.25, 0.3) is 0 Å². The summed E-state index contributed by atoms with van der Waals surface area (Å²) in [5.74, 6) is -1.06. The van der Waals surface area contributed by atoms with E-state index in [0.29, 0.717) is 6.42 Å². The van der Waals surface area contributed by atoms with Crippen LogP contribution in [-0.4, -0.2) is 23.0 Å². The molecule has 0 radical (unpaired) electrons. The van der Waals surface area contributed by atoms with Crippen LogP contribution in [0.15, 0.2) is 17.5 Å². The fraction of sp³-hybridized carbons (Fsp3) is 0.467. The minimum absolute atomic E-state index is 0.225. The number of aliphatic carboxylic acids is 1. The van der Waals surface area contributed by atoms with Gasteiger partial charge in [-0.15, -0.1) is 11.3 Å². The number of hydrogen-bond donors (Lipinski definition) is 2. The Morgan fingerprint density at radius 2 is 2.30 bits per heavy atom. The maximum absolute atomic E-state index is 11.9. The Morgan fingerprint density at radius 1 is 1.55 bits per heavy atom. The van der Waals surface area contributed by atoms with E-state index in [0.717, 1.165) is 23.3 Å². The van der Waals surface area contributed by atoms with Gasteiger partial charge in [0, 0.05) is 17.0 Å². The van der Waals surface area contributed by atoms with Gasteiger partial charge in [0.15, 0.2) is 0 Å². The van der Waals surface area contributed by atoms with E-state index in [1.165, 1.54) is 6.08 Å². The molecule has 2 unspecified atom stereocenters. The van der Waals surface area contributed by atoms with Gasteiger partial charge in [-0.2, -0.15) is 0 Å². The molecule has 2 rings (SSSR count). The number of aryl methyl sites for hydroxylation is 1. The predicted octanol–water partition coefficient (Wildman–Crippen LogP) is 2.83. The molecule has 1 amide bonds. The second-order valence-corrected chi connectivity index (χ2v) is 6.42. The molecule has 1 saturated carbocycles. The van der Waals surface area contributed by atoms with Crippen molar-refractivity contribution in [1.29, 1.82) is 0 Å². The third-order valence-corrected chi connectivity index (χ3v) is 5.04. The van der Waals surface area contributed by atoms with Gasteiger partial charge >= 0.3 is 5.97 Å². The molecule has 2 atom stereocenters. The molecule has 1 heterocycles. The van der Waals surface area contributed by atoms with Crippen LogP contribution in [0, 0.1) is 12.3 Å². The molecule has 1 aromatic heterocycles. The molecule has 1 aliphatic rings. The fourth-order valence-corrected chi connectivity index (χ4v) is 3.40. The molecule has 108 valence electrons. The zero-order valence-electron chi connectivity index (χ0n) is 11.7. The van der Waals surface area contributed by atoms with Crippen LogP contribution in [0.3, 0.4) is 0 Å². The number of thiophene rings is 1. The Bertz CT molecular complexity index is 549. The summed E-state index contributed by atoms with van der Waals surface area (Å²) >= 11 is 1.58. The molecule has 0 aromatic carbocycles. The number of amides is 1. The van der Waals surface area contributed by atoms with Crippen molar-refractivity contribution in [3.63, 3.8) is 0 Å². The maximum atomic E-state index is 11.9. The van der Waals surface area contributed by atoms with Crippen LogP contribution < -0.4 is 5.32 Å². The number of carbonyl (C=O) groups is 2. The van der Waals surface area contributed by atoms with Gasteiger partial charge in [0.05, 0.1) is 5.41 Å². The zero-order chi connectivity index (χ0) is 14.8. The van der Waals surface area contributed by atoms with Gasteiger partial charge in [-0.05, 0) is 49.8 Å². The van der Waals surface area contributed by atoms with Gasteiger partial charge in [-0.25, -0.2) is 0 Å². The van der Waals surface area contributed by atoms with Gasteiger partial charge < -0.3 is 10.4 Å². The van der Waals surface area contributed by atoms with Crippen LogP contribution in [0.2, 0.25) is 0 Å². The molecule has 5 heteroatoms. The zero-order valence-corrected chi connectivity index (χ0v) is 12.5. The predicted molar refractivity (Wildman–Crippen MR) is 79.6 cm³/mol. The second kappa shape index (κ2) is 5.79. The van der Waals surface area contributed by atoms with Crippen LogP contribution >= 0.6 is 11.3 Å². The van der Waals surface area contributed by atoms with Crippen molar-refractivity contribution in [3.8, 4) is 0 Å². The number of carbonyl (C=O) groups excluding carboxylic acids is 1. The molecule has 0 spiro atoms. The topological polar surface area (TPSA) is 66.4 Å². The highest BCUT2D eigenvalue weighted by molar-refractivity contribution is 7.11. The van der Waals surface area contributed by atoms with E-state index in [-0.39, 0.29) is 11.9 Å². The number of carboxylic acid groups (broad SMARTS) is 1. The molecule has 2 N–H and O–H groups in total. The molecular weight excluding hydrogens is 274 g/mol. The van der Waals surface area contributed by atoms with Gasteiger partial charge in [-0.1, -0.05) is 6.42 Å². The van der Waals surface area contributed by atoms with E-state index in [1.54, 1.807) is 24.3 Å². The number of carboxylic acids is 1. The highest BCUT2D eigenvalue weighted by atomic mass is 32.1. The van der Waals surface area contributed by atoms with Crippen LogP contribution in [0.4, 0.5) is 0 Å². The van der Waals surface area contributed by atoms with E-state index >= 15 is 0 Å². The highest BCUT2D eigenvalue weighted by Crippen LogP contribution is 2.38. The molecule has 20 heavy (non-hydrogen) atoms. The largest absolute Gasteiger partial charge is 0.481 e. The Morgan fingerprint density at radius 3 is 2.90 bits per heavy atom. The Kier molecular flexibility index (Phi) is 4.28. The van der Waals surface area contributed by atoms with Crippen molar-refractivity contribution in [2.45, 2.75) is 39.2 Å². The third kappa shape index (κ3) is 2.93. The SMILES string of the molecule is Cc1ccsc1/C=C/C(=O)NC1CCCC1(C)C(=O)O. The molecule has 0 saturated heterocycles. The minimum Gasteiger partial charge on any atom is -0.481 e. The summed E-state index contributed by atoms with van der Waals surface area (Å²) in [7, 11) is 0. The van der Waals surface area contributed by atoms with E-state index < -0.39 is 11.4 Å². The molecule has 1 aromatic rings. The molecule has 1 fully saturated rings. The molecule has 1 aliphatic carbocycles. The van der Waals surface area contributed by atoms with Crippen molar-refractivity contribution in [1.82, 2.24) is 5.32 Å². The van der Waals surface area contributed by atoms with Crippen LogP contribution in [0.25, 0.3) is 6.08 Å². The summed E-state index contributed by atoms with van der Waals surface area (Å²) in [6.07, 6.45) is 5.44. The standard InChI is InChI=1S/C15H19NO3S/c1-10-7-9-20-11(10)5-6-13(17)16-12-4-3-8-15(12,2)14(18)19/h5-7,9,12H,3-4,8H2,1-2H3,(H,16,17)(H,18,19)/b6-5+. The molecule has 4 nitrogen and oxygen atoms in total. The van der Waals surface area contributed by atoms with Gasteiger partial charge in [0.1, 0.15) is 0 Å². The summed E-state index contributed by atoms with van der Waals surface area (Å²) in [6.45, 7) is 3.70. The first-order chi connectivity index (χ1) is 9.43. The number of nitrogens with one attached hydrogen (secondary N) is 1. The lowest BCUT2D eigenvalue weighted by atomic mass is 9.85. The first-order valence-corrected chi connectivity index (χ1v) is 7.57. The lowest BCUT2D eigenvalue weighted by Crippen LogP contribution is -2.46. The first kappa shape index (κ1) is 14.8. The third-order valence-electron chi connectivity index (χ3n) is 4.05. The number of hydrogen-bond acceptors (Lipinski definition) is 3. The average Bonchev–Trinajstić information content (AvgIpc) is 2.95. The van der Waals surface area contributed by atoms with Crippen LogP contribution in [0.1, 0.15) is 36.6 Å². The average molecular weight is 293 g/mol. The Balaban J connectivity index is 2.00. The first-order valence-electron chi connectivity index (χ1n) is 6.69. The van der Waals surface area contributed by atoms with Crippen molar-refractivity contribution in [2.24, 2.45) is 5.41 Å². The molecule has 0 aliphatic heterocycles. The van der Waals surface area contributed by atoms with E-state index in [9.17, 15) is 14.7 Å². The van der Waals surface area contributed by atoms with E-state index in [1.807, 2.05) is 18.4 Å². The second-order valence-electron chi connectivity index (χ2n) is 5.48. The molecule has 0 bridgehead atoms. The van der Waals surface area contributed by atoms with E-state index in [4.69, 9.17) is 0 Å². The smallest absolute Gasteiger partial charge is 0.311 e. The summed E-state index contributed by atoms with van der Waals surface area (Å²) < 4.78 is 0. The van der Waals surface area contributed by atoms with Crippen molar-refractivity contribution < 1.29 is 14.7 Å². The van der Waals surface area contributed by atoms with Crippen molar-refractivity contribution in [2.75, 3.05) is 0 Å². The summed E-state index contributed by atoms with van der Waals surface area (Å²) in [5, 5.41) is 14.1.